The molecule has 1 aromatic carbocycles. The lowest BCUT2D eigenvalue weighted by Crippen LogP contribution is -2.42. The number of nitrogens with zero attached hydrogens (tertiary/aromatic N) is 2. The average Bonchev–Trinajstić information content (AvgIpc) is 3.05. The molecule has 1 unspecified atom stereocenters. The van der Waals surface area contributed by atoms with Crippen molar-refractivity contribution in [3.63, 3.8) is 0 Å². The minimum Gasteiger partial charge on any atom is -0.337 e. The number of H-pyrrole nitrogens is 1. The quantitative estimate of drug-likeness (QED) is 0.907. The Bertz CT molecular complexity index is 672. The number of piperidine rings is 1. The van der Waals surface area contributed by atoms with Gasteiger partial charge in [0.15, 0.2) is 0 Å². The Kier molecular flexibility index (Phi) is 4.68. The van der Waals surface area contributed by atoms with Crippen molar-refractivity contribution in [1.82, 2.24) is 15.1 Å². The summed E-state index contributed by atoms with van der Waals surface area (Å²) < 4.78 is 0. The number of hydrogen-bond donors (Lipinski definition) is 2. The van der Waals surface area contributed by atoms with Crippen molar-refractivity contribution < 1.29 is 4.79 Å². The number of aromatic nitrogens is 2. The lowest BCUT2D eigenvalue weighted by Gasteiger charge is -2.33. The van der Waals surface area contributed by atoms with Gasteiger partial charge >= 0.3 is 0 Å². The SMILES string of the molecule is CC(N)C1CCN(C(=O)c2cc(-c3ccc(Cl)cc3)n[nH]2)CC1. The molecule has 0 saturated carbocycles. The maximum atomic E-state index is 12.6. The van der Waals surface area contributed by atoms with Crippen LogP contribution in [0.3, 0.4) is 0 Å². The molecule has 6 heteroatoms. The van der Waals surface area contributed by atoms with Crippen LogP contribution in [0.15, 0.2) is 30.3 Å². The van der Waals surface area contributed by atoms with E-state index in [-0.39, 0.29) is 11.9 Å². The molecule has 23 heavy (non-hydrogen) atoms. The largest absolute Gasteiger partial charge is 0.337 e. The molecule has 1 atom stereocenters. The summed E-state index contributed by atoms with van der Waals surface area (Å²) in [5.41, 5.74) is 8.15. The molecule has 1 aliphatic heterocycles. The minimum atomic E-state index is 0.000776. The van der Waals surface area contributed by atoms with Crippen LogP contribution in [0.5, 0.6) is 0 Å². The molecule has 2 heterocycles. The van der Waals surface area contributed by atoms with Crippen LogP contribution >= 0.6 is 11.6 Å². The van der Waals surface area contributed by atoms with Crippen LogP contribution in [-0.2, 0) is 0 Å². The molecular weight excluding hydrogens is 312 g/mol. The molecule has 1 fully saturated rings. The Morgan fingerprint density at radius 3 is 2.61 bits per heavy atom. The summed E-state index contributed by atoms with van der Waals surface area (Å²) in [6.45, 7) is 3.54. The first-order chi connectivity index (χ1) is 11.0. The van der Waals surface area contributed by atoms with Crippen LogP contribution < -0.4 is 5.73 Å². The normalized spacial score (nSPS) is 17.3. The van der Waals surface area contributed by atoms with Crippen molar-refractivity contribution in [3.05, 3.63) is 41.0 Å². The number of hydrogen-bond acceptors (Lipinski definition) is 3. The third-order valence-electron chi connectivity index (χ3n) is 4.52. The van der Waals surface area contributed by atoms with Crippen molar-refractivity contribution in [2.75, 3.05) is 13.1 Å². The fraction of sp³-hybridized carbons (Fsp3) is 0.412. The molecule has 2 aromatic rings. The van der Waals surface area contributed by atoms with Gasteiger partial charge in [-0.2, -0.15) is 5.10 Å². The highest BCUT2D eigenvalue weighted by Crippen LogP contribution is 2.23. The van der Waals surface area contributed by atoms with E-state index in [9.17, 15) is 4.79 Å². The molecule has 0 radical (unpaired) electrons. The molecule has 1 aromatic heterocycles. The lowest BCUT2D eigenvalue weighted by molar-refractivity contribution is 0.0675. The second kappa shape index (κ2) is 6.72. The van der Waals surface area contributed by atoms with Crippen molar-refractivity contribution in [2.24, 2.45) is 11.7 Å². The highest BCUT2D eigenvalue weighted by atomic mass is 35.5. The van der Waals surface area contributed by atoms with Gasteiger partial charge in [-0.05, 0) is 43.9 Å². The predicted molar refractivity (Wildman–Crippen MR) is 91.3 cm³/mol. The third-order valence-corrected chi connectivity index (χ3v) is 4.77. The van der Waals surface area contributed by atoms with Gasteiger partial charge in [0.1, 0.15) is 5.69 Å². The first-order valence-corrected chi connectivity index (χ1v) is 8.28. The number of nitrogens with two attached hydrogens (primary N) is 1. The van der Waals surface area contributed by atoms with E-state index in [4.69, 9.17) is 17.3 Å². The van der Waals surface area contributed by atoms with Gasteiger partial charge in [0, 0.05) is 29.7 Å². The zero-order valence-electron chi connectivity index (χ0n) is 13.1. The predicted octanol–water partition coefficient (Wildman–Crippen LogP) is 2.93. The molecule has 0 aliphatic carbocycles. The molecule has 1 amide bonds. The fourth-order valence-electron chi connectivity index (χ4n) is 3.00. The van der Waals surface area contributed by atoms with Gasteiger partial charge in [-0.25, -0.2) is 0 Å². The number of rotatable bonds is 3. The second-order valence-electron chi connectivity index (χ2n) is 6.16. The van der Waals surface area contributed by atoms with Gasteiger partial charge in [0.25, 0.3) is 5.91 Å². The van der Waals surface area contributed by atoms with Crippen molar-refractivity contribution in [3.8, 4) is 11.3 Å². The van der Waals surface area contributed by atoms with E-state index in [1.165, 1.54) is 0 Å². The lowest BCUT2D eigenvalue weighted by atomic mass is 9.91. The molecule has 3 rings (SSSR count). The van der Waals surface area contributed by atoms with E-state index in [2.05, 4.69) is 10.2 Å². The Balaban J connectivity index is 1.68. The van der Waals surface area contributed by atoms with Gasteiger partial charge in [-0.3, -0.25) is 9.89 Å². The smallest absolute Gasteiger partial charge is 0.271 e. The summed E-state index contributed by atoms with van der Waals surface area (Å²) in [6.07, 6.45) is 1.92. The molecule has 1 saturated heterocycles. The van der Waals surface area contributed by atoms with Crippen LogP contribution in [0.2, 0.25) is 5.02 Å². The van der Waals surface area contributed by atoms with Gasteiger partial charge < -0.3 is 10.6 Å². The summed E-state index contributed by atoms with van der Waals surface area (Å²) in [7, 11) is 0. The van der Waals surface area contributed by atoms with Gasteiger partial charge in [0.2, 0.25) is 0 Å². The van der Waals surface area contributed by atoms with Gasteiger partial charge in [-0.1, -0.05) is 23.7 Å². The summed E-state index contributed by atoms with van der Waals surface area (Å²) in [4.78, 5) is 14.5. The molecule has 122 valence electrons. The number of likely N-dealkylation sites (tertiary alicyclic amines) is 1. The first-order valence-electron chi connectivity index (χ1n) is 7.91. The van der Waals surface area contributed by atoms with Crippen molar-refractivity contribution >= 4 is 17.5 Å². The van der Waals surface area contributed by atoms with Crippen LogP contribution in [0.4, 0.5) is 0 Å². The van der Waals surface area contributed by atoms with E-state index in [0.717, 1.165) is 37.2 Å². The van der Waals surface area contributed by atoms with Crippen LogP contribution in [0.25, 0.3) is 11.3 Å². The Labute approximate surface area is 140 Å². The van der Waals surface area contributed by atoms with E-state index in [0.29, 0.717) is 16.6 Å². The highest BCUT2D eigenvalue weighted by Gasteiger charge is 2.26. The number of amides is 1. The zero-order valence-corrected chi connectivity index (χ0v) is 13.9. The zero-order chi connectivity index (χ0) is 16.4. The second-order valence-corrected chi connectivity index (χ2v) is 6.60. The molecule has 0 spiro atoms. The minimum absolute atomic E-state index is 0.000776. The van der Waals surface area contributed by atoms with Gasteiger partial charge in [0.05, 0.1) is 5.69 Å². The van der Waals surface area contributed by atoms with Crippen LogP contribution in [0, 0.1) is 5.92 Å². The molecule has 3 N–H and O–H groups in total. The Hall–Kier alpha value is -1.85. The standard InChI is InChI=1S/C17H21ClN4O/c1-11(19)12-6-8-22(9-7-12)17(23)16-10-15(20-21-16)13-2-4-14(18)5-3-13/h2-5,10-12H,6-9,19H2,1H3,(H,20,21). The average molecular weight is 333 g/mol. The van der Waals surface area contributed by atoms with Crippen LogP contribution in [0.1, 0.15) is 30.3 Å². The number of halogens is 1. The molecule has 1 aliphatic rings. The monoisotopic (exact) mass is 332 g/mol. The number of nitrogens with one attached hydrogen (secondary N) is 1. The number of carbonyl (C=O) groups is 1. The van der Waals surface area contributed by atoms with E-state index in [1.807, 2.05) is 36.1 Å². The Morgan fingerprint density at radius 1 is 1.35 bits per heavy atom. The summed E-state index contributed by atoms with van der Waals surface area (Å²) in [5, 5.41) is 7.77. The molecular formula is C17H21ClN4O. The summed E-state index contributed by atoms with van der Waals surface area (Å²) in [6, 6.07) is 9.39. The van der Waals surface area contributed by atoms with Crippen molar-refractivity contribution in [2.45, 2.75) is 25.8 Å². The van der Waals surface area contributed by atoms with Crippen molar-refractivity contribution in [1.29, 1.82) is 0 Å². The first kappa shape index (κ1) is 16.0. The third kappa shape index (κ3) is 3.57. The number of carbonyl (C=O) groups excluding carboxylic acids is 1. The Morgan fingerprint density at radius 2 is 2.00 bits per heavy atom. The summed E-state index contributed by atoms with van der Waals surface area (Å²) in [5.74, 6) is 0.506. The maximum absolute atomic E-state index is 12.6. The van der Waals surface area contributed by atoms with Crippen LogP contribution in [-0.4, -0.2) is 40.1 Å². The van der Waals surface area contributed by atoms with Gasteiger partial charge in [-0.15, -0.1) is 0 Å². The highest BCUT2D eigenvalue weighted by molar-refractivity contribution is 6.30. The maximum Gasteiger partial charge on any atom is 0.271 e. The fourth-order valence-corrected chi connectivity index (χ4v) is 3.12. The van der Waals surface area contributed by atoms with E-state index in [1.54, 1.807) is 6.07 Å². The molecule has 0 bridgehead atoms. The number of benzene rings is 1. The summed E-state index contributed by atoms with van der Waals surface area (Å²) >= 11 is 5.89. The van der Waals surface area contributed by atoms with E-state index >= 15 is 0 Å². The van der Waals surface area contributed by atoms with E-state index < -0.39 is 0 Å². The topological polar surface area (TPSA) is 75.0 Å². The molecule has 5 nitrogen and oxygen atoms in total. The number of aromatic amines is 1.